The Kier molecular flexibility index (Phi) is 3.81. The molecule has 1 aromatic rings. The van der Waals surface area contributed by atoms with Gasteiger partial charge in [0.05, 0.1) is 25.3 Å². The largest absolute Gasteiger partial charge is 0.497 e. The maximum Gasteiger partial charge on any atom is 0.257 e. The summed E-state index contributed by atoms with van der Waals surface area (Å²) in [6.45, 7) is 0.485. The van der Waals surface area contributed by atoms with Crippen molar-refractivity contribution in [2.24, 2.45) is 0 Å². The summed E-state index contributed by atoms with van der Waals surface area (Å²) < 4.78 is 18.7. The predicted octanol–water partition coefficient (Wildman–Crippen LogP) is 1.43. The minimum Gasteiger partial charge on any atom is -0.497 e. The average molecular weight is 253 g/mol. The van der Waals surface area contributed by atoms with E-state index in [2.05, 4.69) is 0 Å². The van der Waals surface area contributed by atoms with E-state index >= 15 is 0 Å². The van der Waals surface area contributed by atoms with Gasteiger partial charge in [-0.3, -0.25) is 4.79 Å². The zero-order valence-corrected chi connectivity index (χ0v) is 10.2. The number of amides is 1. The molecule has 0 bridgehead atoms. The lowest BCUT2D eigenvalue weighted by atomic mass is 10.1. The van der Waals surface area contributed by atoms with Gasteiger partial charge in [0, 0.05) is 12.6 Å². The van der Waals surface area contributed by atoms with Gasteiger partial charge < -0.3 is 14.7 Å². The average Bonchev–Trinajstić information content (AvgIpc) is 2.86. The van der Waals surface area contributed by atoms with Crippen molar-refractivity contribution in [2.45, 2.75) is 18.9 Å². The first-order chi connectivity index (χ1) is 8.67. The van der Waals surface area contributed by atoms with E-state index in [-0.39, 0.29) is 24.1 Å². The van der Waals surface area contributed by atoms with Gasteiger partial charge in [0.1, 0.15) is 11.6 Å². The van der Waals surface area contributed by atoms with Gasteiger partial charge in [0.25, 0.3) is 5.91 Å². The first-order valence-corrected chi connectivity index (χ1v) is 5.92. The maximum absolute atomic E-state index is 13.8. The second-order valence-corrected chi connectivity index (χ2v) is 4.32. The fraction of sp³-hybridized carbons (Fsp3) is 0.462. The number of hydrogen-bond donors (Lipinski definition) is 1. The zero-order chi connectivity index (χ0) is 13.1. The third-order valence-corrected chi connectivity index (χ3v) is 3.26. The molecule has 0 aliphatic carbocycles. The molecule has 2 rings (SSSR count). The van der Waals surface area contributed by atoms with E-state index in [4.69, 9.17) is 4.74 Å². The van der Waals surface area contributed by atoms with E-state index in [1.807, 2.05) is 0 Å². The molecule has 0 unspecified atom stereocenters. The van der Waals surface area contributed by atoms with Crippen molar-refractivity contribution in [1.82, 2.24) is 4.90 Å². The predicted molar refractivity (Wildman–Crippen MR) is 64.1 cm³/mol. The number of aliphatic hydroxyl groups is 1. The van der Waals surface area contributed by atoms with Crippen LogP contribution in [0.15, 0.2) is 18.2 Å². The van der Waals surface area contributed by atoms with E-state index in [1.165, 1.54) is 24.1 Å². The first-order valence-electron chi connectivity index (χ1n) is 5.92. The summed E-state index contributed by atoms with van der Waals surface area (Å²) in [5.41, 5.74) is 0.0242. The van der Waals surface area contributed by atoms with Crippen molar-refractivity contribution in [1.29, 1.82) is 0 Å². The number of halogens is 1. The molecule has 4 nitrogen and oxygen atoms in total. The third kappa shape index (κ3) is 2.31. The van der Waals surface area contributed by atoms with Crippen LogP contribution in [0.3, 0.4) is 0 Å². The fourth-order valence-electron chi connectivity index (χ4n) is 2.24. The molecule has 1 atom stereocenters. The monoisotopic (exact) mass is 253 g/mol. The highest BCUT2D eigenvalue weighted by Gasteiger charge is 2.30. The van der Waals surface area contributed by atoms with Crippen LogP contribution in [0.25, 0.3) is 0 Å². The number of methoxy groups -OCH3 is 1. The summed E-state index contributed by atoms with van der Waals surface area (Å²) in [6, 6.07) is 3.97. The first kappa shape index (κ1) is 12.8. The molecule has 1 heterocycles. The van der Waals surface area contributed by atoms with Crippen LogP contribution in [-0.2, 0) is 0 Å². The lowest BCUT2D eigenvalue weighted by molar-refractivity contribution is 0.0673. The Bertz CT molecular complexity index is 450. The van der Waals surface area contributed by atoms with Crippen LogP contribution in [0, 0.1) is 5.82 Å². The lowest BCUT2D eigenvalue weighted by Gasteiger charge is -2.23. The molecule has 1 fully saturated rings. The quantitative estimate of drug-likeness (QED) is 0.886. The Morgan fingerprint density at radius 1 is 1.61 bits per heavy atom. The molecule has 1 N–H and O–H groups in total. The van der Waals surface area contributed by atoms with Crippen LogP contribution in [-0.4, -0.2) is 42.2 Å². The summed E-state index contributed by atoms with van der Waals surface area (Å²) >= 11 is 0. The molecule has 1 saturated heterocycles. The van der Waals surface area contributed by atoms with Crippen LogP contribution in [0.5, 0.6) is 5.75 Å². The molecule has 18 heavy (non-hydrogen) atoms. The highest BCUT2D eigenvalue weighted by molar-refractivity contribution is 5.95. The van der Waals surface area contributed by atoms with Crippen molar-refractivity contribution in [3.63, 3.8) is 0 Å². The number of benzene rings is 1. The molecule has 0 radical (unpaired) electrons. The molecule has 98 valence electrons. The second kappa shape index (κ2) is 5.35. The Morgan fingerprint density at radius 3 is 3.00 bits per heavy atom. The summed E-state index contributed by atoms with van der Waals surface area (Å²) in [7, 11) is 1.44. The topological polar surface area (TPSA) is 49.8 Å². The Balaban J connectivity index is 2.23. The molecule has 0 aromatic heterocycles. The number of nitrogens with zero attached hydrogens (tertiary/aromatic N) is 1. The van der Waals surface area contributed by atoms with Gasteiger partial charge in [0.15, 0.2) is 0 Å². The van der Waals surface area contributed by atoms with E-state index in [0.717, 1.165) is 12.8 Å². The number of aliphatic hydroxyl groups excluding tert-OH is 1. The van der Waals surface area contributed by atoms with Crippen LogP contribution in [0.4, 0.5) is 4.39 Å². The zero-order valence-electron chi connectivity index (χ0n) is 10.2. The van der Waals surface area contributed by atoms with E-state index in [1.54, 1.807) is 6.07 Å². The van der Waals surface area contributed by atoms with Gasteiger partial charge in [-0.05, 0) is 25.0 Å². The standard InChI is InChI=1S/C13H16FNO3/c1-18-10-4-5-11(12(14)7-10)13(17)15-6-2-3-9(15)8-16/h4-5,7,9,16H,2-3,6,8H2,1H3/t9-/m1/s1. The Labute approximate surface area is 105 Å². The molecule has 0 spiro atoms. The van der Waals surface area contributed by atoms with Gasteiger partial charge in [-0.2, -0.15) is 0 Å². The smallest absolute Gasteiger partial charge is 0.257 e. The van der Waals surface area contributed by atoms with Gasteiger partial charge in [-0.1, -0.05) is 0 Å². The van der Waals surface area contributed by atoms with E-state index in [0.29, 0.717) is 12.3 Å². The highest BCUT2D eigenvalue weighted by atomic mass is 19.1. The molecule has 1 aliphatic rings. The number of carbonyl (C=O) groups is 1. The van der Waals surface area contributed by atoms with Gasteiger partial charge in [0.2, 0.25) is 0 Å². The SMILES string of the molecule is COc1ccc(C(=O)N2CCC[C@@H]2CO)c(F)c1. The molecule has 1 aromatic carbocycles. The van der Waals surface area contributed by atoms with Gasteiger partial charge >= 0.3 is 0 Å². The van der Waals surface area contributed by atoms with E-state index < -0.39 is 5.82 Å². The second-order valence-electron chi connectivity index (χ2n) is 4.32. The molecule has 5 heteroatoms. The minimum absolute atomic E-state index is 0.0242. The Hall–Kier alpha value is -1.62. The van der Waals surface area contributed by atoms with E-state index in [9.17, 15) is 14.3 Å². The Morgan fingerprint density at radius 2 is 2.39 bits per heavy atom. The highest BCUT2D eigenvalue weighted by Crippen LogP contribution is 2.23. The summed E-state index contributed by atoms with van der Waals surface area (Å²) in [5, 5.41) is 9.18. The summed E-state index contributed by atoms with van der Waals surface area (Å²) in [6.07, 6.45) is 1.61. The van der Waals surface area contributed by atoms with Crippen LogP contribution in [0.2, 0.25) is 0 Å². The van der Waals surface area contributed by atoms with Crippen molar-refractivity contribution < 1.29 is 19.0 Å². The van der Waals surface area contributed by atoms with Crippen LogP contribution >= 0.6 is 0 Å². The van der Waals surface area contributed by atoms with Crippen molar-refractivity contribution in [3.8, 4) is 5.75 Å². The number of rotatable bonds is 3. The van der Waals surface area contributed by atoms with Crippen molar-refractivity contribution in [2.75, 3.05) is 20.3 Å². The number of hydrogen-bond acceptors (Lipinski definition) is 3. The molecular weight excluding hydrogens is 237 g/mol. The molecular formula is C13H16FNO3. The maximum atomic E-state index is 13.8. The van der Waals surface area contributed by atoms with Crippen LogP contribution < -0.4 is 4.74 Å². The van der Waals surface area contributed by atoms with Crippen LogP contribution in [0.1, 0.15) is 23.2 Å². The summed E-state index contributed by atoms with van der Waals surface area (Å²) in [5.74, 6) is -0.584. The van der Waals surface area contributed by atoms with Gasteiger partial charge in [-0.15, -0.1) is 0 Å². The number of ether oxygens (including phenoxy) is 1. The lowest BCUT2D eigenvalue weighted by Crippen LogP contribution is -2.38. The summed E-state index contributed by atoms with van der Waals surface area (Å²) in [4.78, 5) is 13.7. The molecule has 1 amide bonds. The third-order valence-electron chi connectivity index (χ3n) is 3.26. The number of carbonyl (C=O) groups excluding carboxylic acids is 1. The van der Waals surface area contributed by atoms with Crippen molar-refractivity contribution in [3.05, 3.63) is 29.6 Å². The normalized spacial score (nSPS) is 19.1. The molecule has 1 aliphatic heterocycles. The van der Waals surface area contributed by atoms with Gasteiger partial charge in [-0.25, -0.2) is 4.39 Å². The fourth-order valence-corrected chi connectivity index (χ4v) is 2.24. The number of likely N-dealkylation sites (tertiary alicyclic amines) is 1. The van der Waals surface area contributed by atoms with Crippen molar-refractivity contribution >= 4 is 5.91 Å². The minimum atomic E-state index is -0.595. The molecule has 0 saturated carbocycles.